The first-order valence-corrected chi connectivity index (χ1v) is 16.5. The van der Waals surface area contributed by atoms with Crippen molar-refractivity contribution in [2.24, 2.45) is 0 Å². The summed E-state index contributed by atoms with van der Waals surface area (Å²) in [5, 5.41) is 30.0. The first kappa shape index (κ1) is 34.2. The number of nitrogens with one attached hydrogen (secondary N) is 3. The lowest BCUT2D eigenvalue weighted by Gasteiger charge is -2.48. The van der Waals surface area contributed by atoms with Crippen LogP contribution >= 0.6 is 0 Å². The Bertz CT molecular complexity index is 1530. The zero-order valence-corrected chi connectivity index (χ0v) is 26.9. The van der Waals surface area contributed by atoms with Gasteiger partial charge in [-0.05, 0) is 36.0 Å². The van der Waals surface area contributed by atoms with Crippen LogP contribution in [-0.4, -0.2) is 88.7 Å². The minimum atomic E-state index is -1.35. The maximum absolute atomic E-state index is 13.5. The number of fused-ring (bicyclic) bond motifs is 2. The fourth-order valence-electron chi connectivity index (χ4n) is 6.45. The number of rotatable bonds is 11. The molecule has 0 aromatic heterocycles. The number of urea groups is 1. The second-order valence-corrected chi connectivity index (χ2v) is 12.6. The molecule has 49 heavy (non-hydrogen) atoms. The van der Waals surface area contributed by atoms with Crippen LogP contribution in [0.1, 0.15) is 36.0 Å². The summed E-state index contributed by atoms with van der Waals surface area (Å²) in [6.07, 6.45) is -5.36. The number of carbonyl (C=O) groups excluding carboxylic acids is 3. The summed E-state index contributed by atoms with van der Waals surface area (Å²) in [5.74, 6) is 0. The molecule has 0 unspecified atom stereocenters. The largest absolute Gasteiger partial charge is 0.445 e. The van der Waals surface area contributed by atoms with Crippen LogP contribution in [0.4, 0.5) is 14.4 Å². The van der Waals surface area contributed by atoms with Gasteiger partial charge in [-0.3, -0.25) is 0 Å². The lowest BCUT2D eigenvalue weighted by atomic mass is 9.82. The highest BCUT2D eigenvalue weighted by molar-refractivity contribution is 5.76. The van der Waals surface area contributed by atoms with E-state index >= 15 is 0 Å². The van der Waals surface area contributed by atoms with E-state index in [1.165, 1.54) is 0 Å². The molecule has 0 radical (unpaired) electrons. The van der Waals surface area contributed by atoms with Crippen molar-refractivity contribution in [2.45, 2.75) is 87.9 Å². The molecule has 2 aliphatic heterocycles. The number of hydrogen-bond donors (Lipinski definition) is 5. The van der Waals surface area contributed by atoms with Gasteiger partial charge < -0.3 is 50.0 Å². The van der Waals surface area contributed by atoms with Crippen LogP contribution in [0.25, 0.3) is 0 Å². The van der Waals surface area contributed by atoms with Gasteiger partial charge in [-0.1, -0.05) is 91.0 Å². The number of carbonyl (C=O) groups is 3. The average Bonchev–Trinajstić information content (AvgIpc) is 3.12. The second kappa shape index (κ2) is 16.1. The van der Waals surface area contributed by atoms with Crippen LogP contribution < -0.4 is 16.0 Å². The Morgan fingerprint density at radius 2 is 1.39 bits per heavy atom. The highest BCUT2D eigenvalue weighted by atomic mass is 16.7. The van der Waals surface area contributed by atoms with Gasteiger partial charge in [0.1, 0.15) is 31.5 Å². The molecule has 4 amide bonds. The number of aliphatic hydroxyl groups excluding tert-OH is 2. The van der Waals surface area contributed by atoms with Crippen LogP contribution in [0.2, 0.25) is 0 Å². The fraction of sp³-hybridized carbons (Fsp3) is 0.417. The molecule has 1 aliphatic carbocycles. The Morgan fingerprint density at radius 3 is 2.04 bits per heavy atom. The molecule has 2 heterocycles. The van der Waals surface area contributed by atoms with E-state index in [2.05, 4.69) is 16.0 Å². The Balaban J connectivity index is 1.17. The predicted molar refractivity (Wildman–Crippen MR) is 176 cm³/mol. The molecular formula is C36H42N4O9. The highest BCUT2D eigenvalue weighted by Gasteiger charge is 2.50. The van der Waals surface area contributed by atoms with Gasteiger partial charge in [-0.15, -0.1) is 0 Å². The zero-order chi connectivity index (χ0) is 34.2. The van der Waals surface area contributed by atoms with Gasteiger partial charge in [0.15, 0.2) is 6.29 Å². The monoisotopic (exact) mass is 674 g/mol. The van der Waals surface area contributed by atoms with Gasteiger partial charge >= 0.3 is 18.2 Å². The third-order valence-electron chi connectivity index (χ3n) is 9.00. The molecule has 260 valence electrons. The molecule has 1 saturated carbocycles. The Kier molecular flexibility index (Phi) is 11.3. The van der Waals surface area contributed by atoms with Crippen molar-refractivity contribution in [3.63, 3.8) is 0 Å². The normalized spacial score (nSPS) is 27.6. The van der Waals surface area contributed by atoms with Crippen molar-refractivity contribution in [1.29, 1.82) is 0 Å². The summed E-state index contributed by atoms with van der Waals surface area (Å²) in [5.41, 5.74) is 2.57. The van der Waals surface area contributed by atoms with Crippen LogP contribution in [0, 0.1) is 0 Å². The third kappa shape index (κ3) is 9.06. The molecule has 6 rings (SSSR count). The number of amides is 4. The number of alkyl carbamates (subject to hydrolysis) is 1. The summed E-state index contributed by atoms with van der Waals surface area (Å²) in [4.78, 5) is 40.2. The molecule has 13 nitrogen and oxygen atoms in total. The summed E-state index contributed by atoms with van der Waals surface area (Å²) >= 11 is 0. The topological polar surface area (TPSA) is 168 Å². The van der Waals surface area contributed by atoms with Gasteiger partial charge in [0.05, 0.1) is 30.8 Å². The van der Waals surface area contributed by atoms with Crippen LogP contribution in [0.3, 0.4) is 0 Å². The van der Waals surface area contributed by atoms with Crippen LogP contribution in [0.15, 0.2) is 91.0 Å². The van der Waals surface area contributed by atoms with Crippen molar-refractivity contribution < 1.29 is 43.5 Å². The maximum atomic E-state index is 13.5. The molecule has 3 aliphatic rings. The summed E-state index contributed by atoms with van der Waals surface area (Å²) < 4.78 is 23.9. The van der Waals surface area contributed by atoms with E-state index < -0.39 is 67.0 Å². The predicted octanol–water partition coefficient (Wildman–Crippen LogP) is 3.19. The van der Waals surface area contributed by atoms with Crippen LogP contribution in [-0.2, 0) is 38.7 Å². The quantitative estimate of drug-likeness (QED) is 0.205. The number of benzene rings is 3. The lowest BCUT2D eigenvalue weighted by Crippen LogP contribution is -2.71. The van der Waals surface area contributed by atoms with E-state index in [1.807, 2.05) is 91.0 Å². The molecule has 13 heteroatoms. The number of hydrogen-bond acceptors (Lipinski definition) is 9. The molecule has 2 saturated heterocycles. The molecule has 8 atom stereocenters. The Labute approximate surface area is 284 Å². The van der Waals surface area contributed by atoms with Gasteiger partial charge in [0.25, 0.3) is 0 Å². The summed E-state index contributed by atoms with van der Waals surface area (Å²) in [6.45, 7) is 0.576. The molecule has 3 aromatic rings. The zero-order valence-electron chi connectivity index (χ0n) is 26.9. The first-order chi connectivity index (χ1) is 23.8. The van der Waals surface area contributed by atoms with Crippen LogP contribution in [0.5, 0.6) is 0 Å². The minimum Gasteiger partial charge on any atom is -0.445 e. The van der Waals surface area contributed by atoms with Gasteiger partial charge in [0, 0.05) is 6.54 Å². The minimum absolute atomic E-state index is 0.0595. The average molecular weight is 675 g/mol. The van der Waals surface area contributed by atoms with E-state index in [9.17, 15) is 24.6 Å². The van der Waals surface area contributed by atoms with Crippen molar-refractivity contribution in [3.05, 3.63) is 108 Å². The van der Waals surface area contributed by atoms with Crippen molar-refractivity contribution in [3.8, 4) is 0 Å². The van der Waals surface area contributed by atoms with Gasteiger partial charge in [-0.25, -0.2) is 14.4 Å². The highest BCUT2D eigenvalue weighted by Crippen LogP contribution is 2.30. The second-order valence-electron chi connectivity index (χ2n) is 12.6. The maximum Gasteiger partial charge on any atom is 0.410 e. The van der Waals surface area contributed by atoms with Crippen molar-refractivity contribution in [2.75, 3.05) is 6.54 Å². The van der Waals surface area contributed by atoms with E-state index in [1.54, 1.807) is 4.90 Å². The van der Waals surface area contributed by atoms with Crippen molar-refractivity contribution in [1.82, 2.24) is 20.9 Å². The molecular weight excluding hydrogens is 632 g/mol. The smallest absolute Gasteiger partial charge is 0.410 e. The Hall–Kier alpha value is -4.69. The SMILES string of the molecule is O=C1N[C@H]2C[C@@H](N1)[C@H](O)[C@@H](O)[C@@H]2O[C@H]1O[C@H](CN(Cc2ccccc2)C(=O)OCc2ccccc2)CC[C@H]1NC(=O)OCc1ccccc1. The molecule has 3 aromatic carbocycles. The summed E-state index contributed by atoms with van der Waals surface area (Å²) in [6, 6.07) is 25.7. The van der Waals surface area contributed by atoms with Crippen molar-refractivity contribution >= 4 is 18.2 Å². The summed E-state index contributed by atoms with van der Waals surface area (Å²) in [7, 11) is 0. The van der Waals surface area contributed by atoms with E-state index in [-0.39, 0.29) is 26.3 Å². The van der Waals surface area contributed by atoms with Gasteiger partial charge in [-0.2, -0.15) is 0 Å². The molecule has 3 fully saturated rings. The first-order valence-electron chi connectivity index (χ1n) is 16.5. The number of aliphatic hydroxyl groups is 2. The standard InChI is InChI=1S/C36H42N4O9/c41-30-28-18-29(38-34(43)37-28)32(31(30)42)49-33-27(39-35(44)46-21-24-12-6-2-7-13-24)17-16-26(48-33)20-40(19-23-10-4-1-5-11-23)36(45)47-22-25-14-8-3-9-15-25/h1-15,26-33,41-42H,16-22H2,(H,39,44)(H2,37,38,43)/t26-,27+,28+,29-,30-,31+,32+,33+/m0/s1. The molecule has 2 bridgehead atoms. The number of ether oxygens (including phenoxy) is 4. The lowest BCUT2D eigenvalue weighted by molar-refractivity contribution is -0.260. The van der Waals surface area contributed by atoms with E-state index in [4.69, 9.17) is 18.9 Å². The molecule has 5 N–H and O–H groups in total. The molecule has 0 spiro atoms. The van der Waals surface area contributed by atoms with Gasteiger partial charge in [0.2, 0.25) is 0 Å². The number of nitrogens with zero attached hydrogens (tertiary/aromatic N) is 1. The third-order valence-corrected chi connectivity index (χ3v) is 9.00. The van der Waals surface area contributed by atoms with E-state index in [0.717, 1.165) is 16.7 Å². The fourth-order valence-corrected chi connectivity index (χ4v) is 6.45. The van der Waals surface area contributed by atoms with E-state index in [0.29, 0.717) is 19.3 Å². The Morgan fingerprint density at radius 1 is 0.796 bits per heavy atom.